The van der Waals surface area contributed by atoms with Crippen molar-refractivity contribution in [3.8, 4) is 0 Å². The number of hydrogen-bond donors (Lipinski definition) is 3. The van der Waals surface area contributed by atoms with E-state index in [1.807, 2.05) is 39.8 Å². The first-order valence-electron chi connectivity index (χ1n) is 13.9. The summed E-state index contributed by atoms with van der Waals surface area (Å²) < 4.78 is 0. The summed E-state index contributed by atoms with van der Waals surface area (Å²) in [5.41, 5.74) is 5.84. The summed E-state index contributed by atoms with van der Waals surface area (Å²) in [6, 6.07) is 12.4. The molecule has 0 atom stereocenters. The number of aliphatic hydroxyl groups is 1. The molecule has 0 radical (unpaired) electrons. The number of carbonyl (C=O) groups excluding carboxylic acids is 1. The second-order valence-electron chi connectivity index (χ2n) is 12.1. The lowest BCUT2D eigenvalue weighted by atomic mass is 9.82. The molecule has 9 heteroatoms. The van der Waals surface area contributed by atoms with Crippen LogP contribution >= 0.6 is 11.6 Å². The SMILES string of the molecule is Cc1cc(N2CCN(CC(C)(C)O)CC2)ccc1Nc1ncc(Cl)c(CCc2cccc3c2C(C)(C)C(=O)N3)n1. The van der Waals surface area contributed by atoms with Crippen molar-refractivity contribution in [1.82, 2.24) is 14.9 Å². The van der Waals surface area contributed by atoms with Crippen LogP contribution in [-0.2, 0) is 23.1 Å². The van der Waals surface area contributed by atoms with Crippen LogP contribution in [0.1, 0.15) is 50.1 Å². The molecule has 1 fully saturated rings. The number of fused-ring (bicyclic) bond motifs is 1. The first kappa shape index (κ1) is 28.3. The van der Waals surface area contributed by atoms with E-state index in [-0.39, 0.29) is 5.91 Å². The van der Waals surface area contributed by atoms with E-state index in [0.29, 0.717) is 30.4 Å². The van der Waals surface area contributed by atoms with E-state index in [2.05, 4.69) is 56.6 Å². The number of aryl methyl sites for hydroxylation is 3. The van der Waals surface area contributed by atoms with Gasteiger partial charge in [-0.25, -0.2) is 9.97 Å². The molecule has 0 aliphatic carbocycles. The predicted octanol–water partition coefficient (Wildman–Crippen LogP) is 5.09. The number of carbonyl (C=O) groups is 1. The summed E-state index contributed by atoms with van der Waals surface area (Å²) >= 11 is 6.50. The Bertz CT molecular complexity index is 1410. The van der Waals surface area contributed by atoms with Crippen LogP contribution in [0.15, 0.2) is 42.6 Å². The number of nitrogens with one attached hydrogen (secondary N) is 2. The molecule has 3 N–H and O–H groups in total. The highest BCUT2D eigenvalue weighted by atomic mass is 35.5. The molecule has 212 valence electrons. The van der Waals surface area contributed by atoms with Gasteiger partial charge in [0.15, 0.2) is 0 Å². The smallest absolute Gasteiger partial charge is 0.234 e. The van der Waals surface area contributed by atoms with Gasteiger partial charge in [-0.1, -0.05) is 23.7 Å². The van der Waals surface area contributed by atoms with Gasteiger partial charge in [0.1, 0.15) is 0 Å². The van der Waals surface area contributed by atoms with Gasteiger partial charge in [-0.15, -0.1) is 0 Å². The van der Waals surface area contributed by atoms with E-state index in [0.717, 1.165) is 59.9 Å². The van der Waals surface area contributed by atoms with Crippen molar-refractivity contribution in [2.24, 2.45) is 0 Å². The molecule has 8 nitrogen and oxygen atoms in total. The first-order chi connectivity index (χ1) is 18.9. The van der Waals surface area contributed by atoms with Gasteiger partial charge in [0.05, 0.1) is 27.9 Å². The molecule has 1 amide bonds. The molecule has 2 aromatic carbocycles. The van der Waals surface area contributed by atoms with Gasteiger partial charge in [0.2, 0.25) is 11.9 Å². The summed E-state index contributed by atoms with van der Waals surface area (Å²) in [5.74, 6) is 0.529. The first-order valence-corrected chi connectivity index (χ1v) is 14.3. The van der Waals surface area contributed by atoms with Crippen LogP contribution in [0.5, 0.6) is 0 Å². The Morgan fingerprint density at radius 3 is 2.58 bits per heavy atom. The summed E-state index contributed by atoms with van der Waals surface area (Å²) in [6.45, 7) is 14.1. The Labute approximate surface area is 241 Å². The van der Waals surface area contributed by atoms with Crippen LogP contribution in [0.2, 0.25) is 5.02 Å². The molecule has 0 saturated carbocycles. The minimum absolute atomic E-state index is 0.0240. The summed E-state index contributed by atoms with van der Waals surface area (Å²) in [5, 5.41) is 17.0. The summed E-state index contributed by atoms with van der Waals surface area (Å²) in [6.07, 6.45) is 3.00. The topological polar surface area (TPSA) is 93.6 Å². The van der Waals surface area contributed by atoms with Gasteiger partial charge < -0.3 is 20.6 Å². The Morgan fingerprint density at radius 2 is 1.88 bits per heavy atom. The van der Waals surface area contributed by atoms with Crippen molar-refractivity contribution >= 4 is 40.5 Å². The predicted molar refractivity (Wildman–Crippen MR) is 162 cm³/mol. The van der Waals surface area contributed by atoms with Crippen molar-refractivity contribution in [1.29, 1.82) is 0 Å². The van der Waals surface area contributed by atoms with E-state index in [1.165, 1.54) is 5.69 Å². The Balaban J connectivity index is 1.25. The van der Waals surface area contributed by atoms with Gasteiger partial charge >= 0.3 is 0 Å². The lowest BCUT2D eigenvalue weighted by Crippen LogP contribution is -2.50. The molecular formula is C31H39ClN6O2. The number of benzene rings is 2. The standard InChI is InChI=1S/C31H39ClN6O2/c1-20-17-22(38-15-13-37(14-16-38)19-30(2,3)40)10-12-24(20)35-29-33-18-23(32)25(36-29)11-9-21-7-6-8-26-27(21)31(4,5)28(39)34-26/h6-8,10,12,17-18,40H,9,11,13-16,19H2,1-5H3,(H,34,39)(H,33,35,36). The number of anilines is 4. The van der Waals surface area contributed by atoms with E-state index < -0.39 is 11.0 Å². The quantitative estimate of drug-likeness (QED) is 0.352. The molecular weight excluding hydrogens is 524 g/mol. The van der Waals surface area contributed by atoms with Crippen molar-refractivity contribution in [3.05, 3.63) is 70.0 Å². The van der Waals surface area contributed by atoms with Gasteiger partial charge in [0, 0.05) is 49.8 Å². The highest BCUT2D eigenvalue weighted by Gasteiger charge is 2.39. The molecule has 1 saturated heterocycles. The van der Waals surface area contributed by atoms with Crippen LogP contribution in [0.25, 0.3) is 0 Å². The monoisotopic (exact) mass is 562 g/mol. The maximum Gasteiger partial charge on any atom is 0.234 e. The zero-order chi connectivity index (χ0) is 28.7. The number of amides is 1. The van der Waals surface area contributed by atoms with E-state index in [1.54, 1.807) is 6.20 Å². The number of nitrogens with zero attached hydrogens (tertiary/aromatic N) is 4. The fourth-order valence-corrected chi connectivity index (χ4v) is 5.94. The minimum atomic E-state index is -0.675. The van der Waals surface area contributed by atoms with E-state index >= 15 is 0 Å². The van der Waals surface area contributed by atoms with Gasteiger partial charge in [-0.05, 0) is 88.4 Å². The van der Waals surface area contributed by atoms with E-state index in [4.69, 9.17) is 16.6 Å². The average Bonchev–Trinajstić information content (AvgIpc) is 3.13. The van der Waals surface area contributed by atoms with Gasteiger partial charge in [0.25, 0.3) is 0 Å². The van der Waals surface area contributed by atoms with Crippen LogP contribution in [0, 0.1) is 6.92 Å². The molecule has 0 unspecified atom stereocenters. The molecule has 2 aliphatic rings. The van der Waals surface area contributed by atoms with E-state index in [9.17, 15) is 9.90 Å². The van der Waals surface area contributed by atoms with Crippen molar-refractivity contribution in [2.45, 2.75) is 58.5 Å². The maximum absolute atomic E-state index is 12.5. The van der Waals surface area contributed by atoms with Crippen molar-refractivity contribution < 1.29 is 9.90 Å². The highest BCUT2D eigenvalue weighted by molar-refractivity contribution is 6.31. The van der Waals surface area contributed by atoms with Gasteiger partial charge in [-0.3, -0.25) is 9.69 Å². The molecule has 5 rings (SSSR count). The largest absolute Gasteiger partial charge is 0.389 e. The fraction of sp³-hybridized carbons (Fsp3) is 0.452. The zero-order valence-corrected chi connectivity index (χ0v) is 24.8. The molecule has 3 aromatic rings. The Kier molecular flexibility index (Phi) is 7.79. The molecule has 3 heterocycles. The molecule has 40 heavy (non-hydrogen) atoms. The second kappa shape index (κ2) is 11.0. The zero-order valence-electron chi connectivity index (χ0n) is 24.0. The van der Waals surface area contributed by atoms with Crippen molar-refractivity contribution in [2.75, 3.05) is 48.3 Å². The van der Waals surface area contributed by atoms with Gasteiger partial charge in [-0.2, -0.15) is 0 Å². The number of β-amino-alcohol motifs (C(OH)–C–C–N with tert-alkyl or cyclic N) is 1. The second-order valence-corrected chi connectivity index (χ2v) is 12.5. The third kappa shape index (κ3) is 6.09. The molecule has 1 aromatic heterocycles. The lowest BCUT2D eigenvalue weighted by Gasteiger charge is -2.38. The summed E-state index contributed by atoms with van der Waals surface area (Å²) in [4.78, 5) is 26.4. The maximum atomic E-state index is 12.5. The third-order valence-electron chi connectivity index (χ3n) is 7.84. The minimum Gasteiger partial charge on any atom is -0.389 e. The Hall–Kier alpha value is -3.20. The third-order valence-corrected chi connectivity index (χ3v) is 8.16. The number of halogens is 1. The normalized spacial score (nSPS) is 17.1. The molecule has 2 aliphatic heterocycles. The van der Waals surface area contributed by atoms with Crippen LogP contribution in [0.3, 0.4) is 0 Å². The van der Waals surface area contributed by atoms with Crippen LogP contribution in [0.4, 0.5) is 23.0 Å². The Morgan fingerprint density at radius 1 is 1.12 bits per heavy atom. The average molecular weight is 563 g/mol. The molecule has 0 bridgehead atoms. The number of hydrogen-bond acceptors (Lipinski definition) is 7. The number of rotatable bonds is 8. The number of piperazine rings is 1. The lowest BCUT2D eigenvalue weighted by molar-refractivity contribution is -0.119. The highest BCUT2D eigenvalue weighted by Crippen LogP contribution is 2.40. The number of aromatic nitrogens is 2. The molecule has 0 spiro atoms. The van der Waals surface area contributed by atoms with Crippen LogP contribution < -0.4 is 15.5 Å². The van der Waals surface area contributed by atoms with Crippen molar-refractivity contribution in [3.63, 3.8) is 0 Å². The van der Waals surface area contributed by atoms with Crippen LogP contribution in [-0.4, -0.2) is 64.2 Å². The fourth-order valence-electron chi connectivity index (χ4n) is 5.75. The summed E-state index contributed by atoms with van der Waals surface area (Å²) in [7, 11) is 0.